The summed E-state index contributed by atoms with van der Waals surface area (Å²) < 4.78 is 0. The molecule has 5 heteroatoms. The first kappa shape index (κ1) is 15.6. The summed E-state index contributed by atoms with van der Waals surface area (Å²) >= 11 is 0. The molecular formula is C16H26N4O. The highest BCUT2D eigenvalue weighted by Crippen LogP contribution is 2.30. The van der Waals surface area contributed by atoms with Gasteiger partial charge in [0.1, 0.15) is 0 Å². The minimum absolute atomic E-state index is 0.0482. The van der Waals surface area contributed by atoms with Crippen LogP contribution in [0.1, 0.15) is 57.1 Å². The number of carbonyl (C=O) groups excluding carboxylic acids is 1. The van der Waals surface area contributed by atoms with Crippen LogP contribution in [0.4, 0.5) is 4.79 Å². The van der Waals surface area contributed by atoms with Gasteiger partial charge in [-0.15, -0.1) is 6.58 Å². The Morgan fingerprint density at radius 2 is 2.52 bits per heavy atom. The molecule has 1 aliphatic rings. The molecule has 1 aromatic heterocycles. The average Bonchev–Trinajstić information content (AvgIpc) is 3.01. The van der Waals surface area contributed by atoms with Gasteiger partial charge in [0.25, 0.3) is 0 Å². The molecule has 0 aromatic carbocycles. The number of nitrogens with one attached hydrogen (secondary N) is 2. The summed E-state index contributed by atoms with van der Waals surface area (Å²) in [6, 6.07) is 0.397. The van der Waals surface area contributed by atoms with E-state index in [1.807, 2.05) is 23.4 Å². The molecule has 2 amide bonds. The van der Waals surface area contributed by atoms with E-state index < -0.39 is 0 Å². The molecule has 2 heterocycles. The number of hydrogen-bond donors (Lipinski definition) is 2. The Balaban J connectivity index is 1.91. The van der Waals surface area contributed by atoms with Gasteiger partial charge in [-0.3, -0.25) is 5.10 Å². The molecule has 2 N–H and O–H groups in total. The van der Waals surface area contributed by atoms with Crippen LogP contribution in [0, 0.1) is 0 Å². The number of amides is 2. The number of rotatable bonds is 6. The van der Waals surface area contributed by atoms with E-state index in [-0.39, 0.29) is 18.1 Å². The number of unbranched alkanes of at least 4 members (excludes halogenated alkanes) is 1. The number of nitrogens with zero attached hydrogens (tertiary/aromatic N) is 2. The Labute approximate surface area is 126 Å². The molecule has 0 unspecified atom stereocenters. The minimum atomic E-state index is 0.0482. The lowest BCUT2D eigenvalue weighted by Crippen LogP contribution is -2.47. The van der Waals surface area contributed by atoms with Crippen molar-refractivity contribution >= 4 is 6.03 Å². The average molecular weight is 290 g/mol. The maximum atomic E-state index is 12.5. The highest BCUT2D eigenvalue weighted by atomic mass is 16.2. The molecular weight excluding hydrogens is 264 g/mol. The summed E-state index contributed by atoms with van der Waals surface area (Å²) in [5.74, 6) is 0. The number of aromatic amines is 1. The molecule has 0 spiro atoms. The summed E-state index contributed by atoms with van der Waals surface area (Å²) in [5.41, 5.74) is 1.10. The third kappa shape index (κ3) is 4.34. The fourth-order valence-corrected chi connectivity index (χ4v) is 2.90. The lowest BCUT2D eigenvalue weighted by molar-refractivity contribution is 0.148. The summed E-state index contributed by atoms with van der Waals surface area (Å²) in [7, 11) is 0. The maximum Gasteiger partial charge on any atom is 0.318 e. The van der Waals surface area contributed by atoms with Gasteiger partial charge < -0.3 is 10.2 Å². The molecule has 5 nitrogen and oxygen atoms in total. The number of aromatic nitrogens is 2. The van der Waals surface area contributed by atoms with Crippen molar-refractivity contribution in [2.45, 2.75) is 57.5 Å². The smallest absolute Gasteiger partial charge is 0.318 e. The Bertz CT molecular complexity index is 443. The molecule has 0 radical (unpaired) electrons. The van der Waals surface area contributed by atoms with Gasteiger partial charge in [0.15, 0.2) is 0 Å². The summed E-state index contributed by atoms with van der Waals surface area (Å²) in [6.07, 6.45) is 11.9. The highest BCUT2D eigenvalue weighted by Gasteiger charge is 2.28. The van der Waals surface area contributed by atoms with E-state index in [0.717, 1.165) is 50.6 Å². The van der Waals surface area contributed by atoms with Gasteiger partial charge >= 0.3 is 6.03 Å². The van der Waals surface area contributed by atoms with E-state index in [4.69, 9.17) is 0 Å². The third-order valence-electron chi connectivity index (χ3n) is 4.08. The van der Waals surface area contributed by atoms with Crippen LogP contribution in [0.5, 0.6) is 0 Å². The molecule has 116 valence electrons. The standard InChI is InChI=1S/C16H26N4O/c1-3-4-5-8-13(2)19-16(21)20-10-7-6-9-15(20)14-11-17-18-12-14/h3,11-13,15H,1,4-10H2,2H3,(H,17,18)(H,19,21)/t13-,15-/m1/s1. The zero-order valence-corrected chi connectivity index (χ0v) is 12.8. The highest BCUT2D eigenvalue weighted by molar-refractivity contribution is 5.75. The number of hydrogen-bond acceptors (Lipinski definition) is 2. The van der Waals surface area contributed by atoms with Crippen LogP contribution in [0.3, 0.4) is 0 Å². The second kappa shape index (κ2) is 7.86. The van der Waals surface area contributed by atoms with E-state index in [1.54, 1.807) is 0 Å². The van der Waals surface area contributed by atoms with Gasteiger partial charge in [-0.05, 0) is 45.4 Å². The van der Waals surface area contributed by atoms with Crippen LogP contribution < -0.4 is 5.32 Å². The SMILES string of the molecule is C=CCCC[C@@H](C)NC(=O)N1CCCC[C@@H]1c1cn[nH]c1. The Kier molecular flexibility index (Phi) is 5.84. The molecule has 21 heavy (non-hydrogen) atoms. The first-order valence-electron chi connectivity index (χ1n) is 7.89. The fraction of sp³-hybridized carbons (Fsp3) is 0.625. The van der Waals surface area contributed by atoms with Gasteiger partial charge in [0.2, 0.25) is 0 Å². The number of piperidine rings is 1. The van der Waals surface area contributed by atoms with Crippen molar-refractivity contribution < 1.29 is 4.79 Å². The molecule has 1 aromatic rings. The molecule has 1 saturated heterocycles. The van der Waals surface area contributed by atoms with E-state index in [2.05, 4.69) is 29.0 Å². The van der Waals surface area contributed by atoms with Crippen LogP contribution in [0.15, 0.2) is 25.0 Å². The molecule has 0 aliphatic carbocycles. The number of carbonyl (C=O) groups is 1. The van der Waals surface area contributed by atoms with Crippen LogP contribution in [0.25, 0.3) is 0 Å². The van der Waals surface area contributed by atoms with E-state index in [9.17, 15) is 4.79 Å². The molecule has 1 fully saturated rings. The maximum absolute atomic E-state index is 12.5. The molecule has 2 rings (SSSR count). The minimum Gasteiger partial charge on any atom is -0.336 e. The van der Waals surface area contributed by atoms with Crippen LogP contribution in [0.2, 0.25) is 0 Å². The van der Waals surface area contributed by atoms with Gasteiger partial charge in [-0.1, -0.05) is 6.08 Å². The van der Waals surface area contributed by atoms with Crippen molar-refractivity contribution in [3.8, 4) is 0 Å². The molecule has 0 saturated carbocycles. The predicted molar refractivity (Wildman–Crippen MR) is 83.9 cm³/mol. The Morgan fingerprint density at radius 1 is 1.67 bits per heavy atom. The van der Waals surface area contributed by atoms with Crippen LogP contribution in [-0.4, -0.2) is 33.7 Å². The third-order valence-corrected chi connectivity index (χ3v) is 4.08. The van der Waals surface area contributed by atoms with Crippen molar-refractivity contribution in [2.75, 3.05) is 6.54 Å². The zero-order chi connectivity index (χ0) is 15.1. The fourth-order valence-electron chi connectivity index (χ4n) is 2.90. The van der Waals surface area contributed by atoms with Crippen molar-refractivity contribution in [1.29, 1.82) is 0 Å². The lowest BCUT2D eigenvalue weighted by atomic mass is 9.98. The number of likely N-dealkylation sites (tertiary alicyclic amines) is 1. The van der Waals surface area contributed by atoms with Crippen LogP contribution >= 0.6 is 0 Å². The second-order valence-corrected chi connectivity index (χ2v) is 5.81. The molecule has 1 aliphatic heterocycles. The largest absolute Gasteiger partial charge is 0.336 e. The van der Waals surface area contributed by atoms with E-state index in [0.29, 0.717) is 0 Å². The first-order chi connectivity index (χ1) is 10.2. The quantitative estimate of drug-likeness (QED) is 0.623. The van der Waals surface area contributed by atoms with Crippen molar-refractivity contribution in [2.24, 2.45) is 0 Å². The van der Waals surface area contributed by atoms with Gasteiger partial charge in [-0.25, -0.2) is 4.79 Å². The zero-order valence-electron chi connectivity index (χ0n) is 12.8. The van der Waals surface area contributed by atoms with Gasteiger partial charge in [-0.2, -0.15) is 5.10 Å². The summed E-state index contributed by atoms with van der Waals surface area (Å²) in [4.78, 5) is 14.5. The Morgan fingerprint density at radius 3 is 3.24 bits per heavy atom. The number of urea groups is 1. The van der Waals surface area contributed by atoms with Crippen molar-refractivity contribution in [1.82, 2.24) is 20.4 Å². The predicted octanol–water partition coefficient (Wildman–Crippen LogP) is 3.39. The number of H-pyrrole nitrogens is 1. The second-order valence-electron chi connectivity index (χ2n) is 5.81. The normalized spacial score (nSPS) is 20.0. The van der Waals surface area contributed by atoms with Crippen LogP contribution in [-0.2, 0) is 0 Å². The van der Waals surface area contributed by atoms with Crippen molar-refractivity contribution in [3.63, 3.8) is 0 Å². The molecule has 0 bridgehead atoms. The topological polar surface area (TPSA) is 61.0 Å². The first-order valence-corrected chi connectivity index (χ1v) is 7.89. The molecule has 2 atom stereocenters. The monoisotopic (exact) mass is 290 g/mol. The van der Waals surface area contributed by atoms with E-state index in [1.165, 1.54) is 0 Å². The summed E-state index contributed by atoms with van der Waals surface area (Å²) in [5, 5.41) is 9.98. The van der Waals surface area contributed by atoms with E-state index >= 15 is 0 Å². The van der Waals surface area contributed by atoms with Gasteiger partial charge in [0.05, 0.1) is 12.2 Å². The number of allylic oxidation sites excluding steroid dienone is 1. The Hall–Kier alpha value is -1.78. The van der Waals surface area contributed by atoms with Crippen molar-refractivity contribution in [3.05, 3.63) is 30.6 Å². The summed E-state index contributed by atoms with van der Waals surface area (Å²) in [6.45, 7) is 6.61. The lowest BCUT2D eigenvalue weighted by Gasteiger charge is -2.36. The van der Waals surface area contributed by atoms with Gasteiger partial charge in [0, 0.05) is 24.3 Å².